The molecule has 2 heterocycles. The summed E-state index contributed by atoms with van der Waals surface area (Å²) in [5.74, 6) is -0.200. The van der Waals surface area contributed by atoms with Crippen molar-refractivity contribution in [1.82, 2.24) is 9.62 Å². The van der Waals surface area contributed by atoms with Crippen molar-refractivity contribution < 1.29 is 13.2 Å². The summed E-state index contributed by atoms with van der Waals surface area (Å²) in [6.45, 7) is 5.07. The van der Waals surface area contributed by atoms with Crippen molar-refractivity contribution in [3.8, 4) is 0 Å². The number of sulfonamides is 1. The second kappa shape index (κ2) is 6.89. The van der Waals surface area contributed by atoms with Crippen LogP contribution in [-0.2, 0) is 10.0 Å². The number of amides is 1. The Kier molecular flexibility index (Phi) is 5.40. The molecule has 0 aliphatic carbocycles. The summed E-state index contributed by atoms with van der Waals surface area (Å²) in [6.07, 6.45) is 3.74. The molecule has 7 heteroatoms. The summed E-state index contributed by atoms with van der Waals surface area (Å²) in [7, 11) is -3.45. The van der Waals surface area contributed by atoms with Gasteiger partial charge in [-0.1, -0.05) is 13.3 Å². The van der Waals surface area contributed by atoms with Gasteiger partial charge in [-0.2, -0.15) is 4.31 Å². The van der Waals surface area contributed by atoms with Crippen LogP contribution < -0.4 is 5.32 Å². The minimum atomic E-state index is -3.45. The maximum atomic E-state index is 12.5. The molecule has 2 rings (SSSR count). The Morgan fingerprint density at radius 1 is 1.38 bits per heavy atom. The molecule has 0 saturated carbocycles. The topological polar surface area (TPSA) is 66.5 Å². The first kappa shape index (κ1) is 16.5. The average Bonchev–Trinajstić information content (AvgIpc) is 2.98. The van der Waals surface area contributed by atoms with E-state index in [4.69, 9.17) is 0 Å². The Balaban J connectivity index is 2.13. The first-order valence-electron chi connectivity index (χ1n) is 7.34. The SMILES string of the molecule is CCC(C)NC(=O)c1cc(S(=O)(=O)N2CCCCC2)cs1. The fourth-order valence-corrected chi connectivity index (χ4v) is 4.91. The molecular formula is C14H22N2O3S2. The highest BCUT2D eigenvalue weighted by Crippen LogP contribution is 2.25. The van der Waals surface area contributed by atoms with Crippen molar-refractivity contribution >= 4 is 27.3 Å². The van der Waals surface area contributed by atoms with Crippen molar-refractivity contribution in [2.75, 3.05) is 13.1 Å². The van der Waals surface area contributed by atoms with E-state index >= 15 is 0 Å². The molecule has 1 aromatic rings. The van der Waals surface area contributed by atoms with Gasteiger partial charge < -0.3 is 5.32 Å². The summed E-state index contributed by atoms with van der Waals surface area (Å²) < 4.78 is 26.5. The van der Waals surface area contributed by atoms with Crippen molar-refractivity contribution in [2.45, 2.75) is 50.5 Å². The van der Waals surface area contributed by atoms with Crippen molar-refractivity contribution in [1.29, 1.82) is 0 Å². The second-order valence-corrected chi connectivity index (χ2v) is 8.24. The summed E-state index contributed by atoms with van der Waals surface area (Å²) in [6, 6.07) is 1.58. The molecule has 0 bridgehead atoms. The van der Waals surface area contributed by atoms with Crippen LogP contribution in [0.3, 0.4) is 0 Å². The average molecular weight is 330 g/mol. The summed E-state index contributed by atoms with van der Waals surface area (Å²) in [5.41, 5.74) is 0. The van der Waals surface area contributed by atoms with Gasteiger partial charge in [0.15, 0.2) is 0 Å². The summed E-state index contributed by atoms with van der Waals surface area (Å²) in [4.78, 5) is 12.7. The van der Waals surface area contributed by atoms with Gasteiger partial charge in [-0.3, -0.25) is 4.79 Å². The van der Waals surface area contributed by atoms with Crippen LogP contribution in [0.25, 0.3) is 0 Å². The van der Waals surface area contributed by atoms with Gasteiger partial charge in [0.1, 0.15) is 0 Å². The highest BCUT2D eigenvalue weighted by Gasteiger charge is 2.27. The molecule has 118 valence electrons. The Morgan fingerprint density at radius 3 is 2.67 bits per heavy atom. The van der Waals surface area contributed by atoms with E-state index in [-0.39, 0.29) is 16.8 Å². The minimum Gasteiger partial charge on any atom is -0.349 e. The second-order valence-electron chi connectivity index (χ2n) is 5.39. The Bertz CT molecular complexity index is 589. The Hall–Kier alpha value is -0.920. The molecule has 5 nitrogen and oxygen atoms in total. The summed E-state index contributed by atoms with van der Waals surface area (Å²) in [5, 5.41) is 4.42. The molecule has 0 aromatic carbocycles. The third-order valence-electron chi connectivity index (χ3n) is 3.74. The molecule has 21 heavy (non-hydrogen) atoms. The maximum absolute atomic E-state index is 12.5. The van der Waals surface area contributed by atoms with E-state index in [0.717, 1.165) is 25.7 Å². The molecule has 1 aromatic heterocycles. The van der Waals surface area contributed by atoms with Crippen LogP contribution in [-0.4, -0.2) is 37.8 Å². The molecule has 0 spiro atoms. The van der Waals surface area contributed by atoms with E-state index in [1.54, 1.807) is 5.38 Å². The monoisotopic (exact) mass is 330 g/mol. The highest BCUT2D eigenvalue weighted by atomic mass is 32.2. The molecule has 1 fully saturated rings. The first-order valence-corrected chi connectivity index (χ1v) is 9.66. The van der Waals surface area contributed by atoms with Gasteiger partial charge in [0.05, 0.1) is 9.77 Å². The summed E-state index contributed by atoms with van der Waals surface area (Å²) >= 11 is 1.18. The minimum absolute atomic E-state index is 0.0850. The number of hydrogen-bond acceptors (Lipinski definition) is 4. The quantitative estimate of drug-likeness (QED) is 0.902. The van der Waals surface area contributed by atoms with Gasteiger partial charge in [0, 0.05) is 24.5 Å². The van der Waals surface area contributed by atoms with E-state index in [2.05, 4.69) is 5.32 Å². The third-order valence-corrected chi connectivity index (χ3v) is 6.70. The van der Waals surface area contributed by atoms with E-state index in [0.29, 0.717) is 18.0 Å². The van der Waals surface area contributed by atoms with Gasteiger partial charge in [-0.05, 0) is 32.3 Å². The molecule has 1 unspecified atom stereocenters. The number of nitrogens with zero attached hydrogens (tertiary/aromatic N) is 1. The first-order chi connectivity index (χ1) is 9.95. The van der Waals surface area contributed by atoms with Gasteiger partial charge in [0.2, 0.25) is 10.0 Å². The lowest BCUT2D eigenvalue weighted by atomic mass is 10.2. The standard InChI is InChI=1S/C14H22N2O3S2/c1-3-11(2)15-14(17)13-9-12(10-20-13)21(18,19)16-7-5-4-6-8-16/h9-11H,3-8H2,1-2H3,(H,15,17). The number of thiophene rings is 1. The van der Waals surface area contributed by atoms with Crippen LogP contribution in [0, 0.1) is 0 Å². The van der Waals surface area contributed by atoms with Crippen LogP contribution in [0.5, 0.6) is 0 Å². The largest absolute Gasteiger partial charge is 0.349 e. The van der Waals surface area contributed by atoms with Crippen molar-refractivity contribution in [3.05, 3.63) is 16.3 Å². The van der Waals surface area contributed by atoms with Gasteiger partial charge in [-0.15, -0.1) is 11.3 Å². The van der Waals surface area contributed by atoms with Gasteiger partial charge in [-0.25, -0.2) is 8.42 Å². The lowest BCUT2D eigenvalue weighted by Gasteiger charge is -2.25. The van der Waals surface area contributed by atoms with Crippen molar-refractivity contribution in [2.24, 2.45) is 0 Å². The molecular weight excluding hydrogens is 308 g/mol. The predicted octanol–water partition coefficient (Wildman–Crippen LogP) is 2.45. The molecule has 0 radical (unpaired) electrons. The Morgan fingerprint density at radius 2 is 2.05 bits per heavy atom. The van der Waals surface area contributed by atoms with E-state index in [1.807, 2.05) is 13.8 Å². The fraction of sp³-hybridized carbons (Fsp3) is 0.643. The fourth-order valence-electron chi connectivity index (χ4n) is 2.22. The number of nitrogens with one attached hydrogen (secondary N) is 1. The molecule has 1 N–H and O–H groups in total. The van der Waals surface area contributed by atoms with Crippen LogP contribution in [0.2, 0.25) is 0 Å². The number of rotatable bonds is 5. The van der Waals surface area contributed by atoms with Crippen LogP contribution in [0.4, 0.5) is 0 Å². The number of piperidine rings is 1. The maximum Gasteiger partial charge on any atom is 0.261 e. The lowest BCUT2D eigenvalue weighted by Crippen LogP contribution is -2.35. The highest BCUT2D eigenvalue weighted by molar-refractivity contribution is 7.89. The molecule has 1 saturated heterocycles. The number of hydrogen-bond donors (Lipinski definition) is 1. The molecule has 1 amide bonds. The predicted molar refractivity (Wildman–Crippen MR) is 84.1 cm³/mol. The van der Waals surface area contributed by atoms with E-state index in [9.17, 15) is 13.2 Å². The Labute approximate surface area is 130 Å². The van der Waals surface area contributed by atoms with E-state index < -0.39 is 10.0 Å². The normalized spacial score (nSPS) is 18.4. The van der Waals surface area contributed by atoms with Crippen LogP contribution in [0.15, 0.2) is 16.3 Å². The smallest absolute Gasteiger partial charge is 0.261 e. The van der Waals surface area contributed by atoms with E-state index in [1.165, 1.54) is 21.7 Å². The lowest BCUT2D eigenvalue weighted by molar-refractivity contribution is 0.0943. The van der Waals surface area contributed by atoms with Crippen LogP contribution in [0.1, 0.15) is 49.2 Å². The number of carbonyl (C=O) groups excluding carboxylic acids is 1. The van der Waals surface area contributed by atoms with Gasteiger partial charge in [0.25, 0.3) is 5.91 Å². The van der Waals surface area contributed by atoms with Gasteiger partial charge >= 0.3 is 0 Å². The van der Waals surface area contributed by atoms with Crippen LogP contribution >= 0.6 is 11.3 Å². The number of carbonyl (C=O) groups is 1. The third kappa shape index (κ3) is 3.84. The molecule has 1 atom stereocenters. The zero-order chi connectivity index (χ0) is 15.5. The molecule has 1 aliphatic heterocycles. The van der Waals surface area contributed by atoms with Crippen molar-refractivity contribution in [3.63, 3.8) is 0 Å². The zero-order valence-corrected chi connectivity index (χ0v) is 14.1. The molecule has 1 aliphatic rings. The zero-order valence-electron chi connectivity index (χ0n) is 12.5.